The molecule has 0 aromatic heterocycles. The van der Waals surface area contributed by atoms with Gasteiger partial charge in [0.15, 0.2) is 11.6 Å². The lowest BCUT2D eigenvalue weighted by Gasteiger charge is -2.17. The fraction of sp³-hybridized carbons (Fsp3) is 0.462. The second-order valence-electron chi connectivity index (χ2n) is 5.26. The number of sulfonamides is 1. The Morgan fingerprint density at radius 3 is 2.38 bits per heavy atom. The Kier molecular flexibility index (Phi) is 6.17. The van der Waals surface area contributed by atoms with E-state index in [2.05, 4.69) is 4.74 Å². The first-order chi connectivity index (χ1) is 10.8. The molecule has 0 unspecified atom stereocenters. The van der Waals surface area contributed by atoms with Gasteiger partial charge in [0.05, 0.1) is 0 Å². The summed E-state index contributed by atoms with van der Waals surface area (Å²) in [7, 11) is -4.71. The molecule has 0 fully saturated rings. The van der Waals surface area contributed by atoms with Gasteiger partial charge in [-0.05, 0) is 24.5 Å². The molecule has 24 heavy (non-hydrogen) atoms. The topological polar surface area (TPSA) is 92.7 Å². The summed E-state index contributed by atoms with van der Waals surface area (Å²) < 4.78 is 80.0. The van der Waals surface area contributed by atoms with Crippen molar-refractivity contribution in [1.29, 1.82) is 0 Å². The van der Waals surface area contributed by atoms with E-state index in [1.54, 1.807) is 18.6 Å². The lowest BCUT2D eigenvalue weighted by atomic mass is 10.1. The van der Waals surface area contributed by atoms with Crippen molar-refractivity contribution in [2.24, 2.45) is 5.92 Å². The number of nitrogens with one attached hydrogen (secondary N) is 1. The van der Waals surface area contributed by atoms with Crippen LogP contribution in [-0.4, -0.2) is 31.9 Å². The molecule has 1 aromatic rings. The minimum Gasteiger partial charge on any atom is -0.480 e. The number of carbonyl (C=O) groups is 1. The lowest BCUT2D eigenvalue weighted by molar-refractivity contribution is -0.275. The van der Waals surface area contributed by atoms with Gasteiger partial charge in [0.25, 0.3) is 0 Å². The van der Waals surface area contributed by atoms with Crippen molar-refractivity contribution in [3.63, 3.8) is 0 Å². The van der Waals surface area contributed by atoms with Crippen LogP contribution in [0.15, 0.2) is 23.1 Å². The van der Waals surface area contributed by atoms with Crippen LogP contribution in [-0.2, 0) is 14.8 Å². The highest BCUT2D eigenvalue weighted by Crippen LogP contribution is 2.29. The molecule has 1 atom stereocenters. The number of hydrogen-bond donors (Lipinski definition) is 2. The maximum absolute atomic E-state index is 14.0. The molecule has 0 aliphatic heterocycles. The summed E-state index contributed by atoms with van der Waals surface area (Å²) in [6.07, 6.45) is -5.30. The summed E-state index contributed by atoms with van der Waals surface area (Å²) >= 11 is 0. The molecular weight excluding hydrogens is 358 g/mol. The van der Waals surface area contributed by atoms with Gasteiger partial charge in [0.1, 0.15) is 10.9 Å². The van der Waals surface area contributed by atoms with Gasteiger partial charge >= 0.3 is 12.3 Å². The number of ether oxygens (including phenoxy) is 1. The van der Waals surface area contributed by atoms with Crippen LogP contribution in [0.2, 0.25) is 0 Å². The standard InChI is InChI=1S/C13H15F4NO5S/c1-7(2)6-8(12(19)20)18-24(21,22)10-5-3-4-9(11(10)14)23-13(15,16)17/h3-5,7-8,18H,6H2,1-2H3,(H,19,20)/t8-/m1/s1. The number of rotatable bonds is 7. The molecule has 0 spiro atoms. The summed E-state index contributed by atoms with van der Waals surface area (Å²) in [5.74, 6) is -4.79. The SMILES string of the molecule is CC(C)C[C@@H](NS(=O)(=O)c1cccc(OC(F)(F)F)c1F)C(=O)O. The molecule has 0 saturated carbocycles. The highest BCUT2D eigenvalue weighted by molar-refractivity contribution is 7.89. The quantitative estimate of drug-likeness (QED) is 0.717. The van der Waals surface area contributed by atoms with Crippen LogP contribution >= 0.6 is 0 Å². The van der Waals surface area contributed by atoms with Gasteiger partial charge < -0.3 is 9.84 Å². The molecule has 1 aromatic carbocycles. The van der Waals surface area contributed by atoms with Crippen molar-refractivity contribution >= 4 is 16.0 Å². The Labute approximate surface area is 135 Å². The van der Waals surface area contributed by atoms with Crippen LogP contribution in [0.1, 0.15) is 20.3 Å². The number of alkyl halides is 3. The van der Waals surface area contributed by atoms with E-state index >= 15 is 0 Å². The van der Waals surface area contributed by atoms with E-state index in [4.69, 9.17) is 5.11 Å². The van der Waals surface area contributed by atoms with Crippen molar-refractivity contribution in [3.05, 3.63) is 24.0 Å². The van der Waals surface area contributed by atoms with E-state index in [1.807, 2.05) is 0 Å². The Morgan fingerprint density at radius 2 is 1.92 bits per heavy atom. The molecule has 0 heterocycles. The minimum atomic E-state index is -5.21. The van der Waals surface area contributed by atoms with Crippen molar-refractivity contribution in [2.75, 3.05) is 0 Å². The summed E-state index contributed by atoms with van der Waals surface area (Å²) in [5, 5.41) is 9.01. The molecule has 0 aliphatic rings. The lowest BCUT2D eigenvalue weighted by Crippen LogP contribution is -2.41. The number of carboxylic acids is 1. The highest BCUT2D eigenvalue weighted by atomic mass is 32.2. The van der Waals surface area contributed by atoms with Crippen molar-refractivity contribution in [2.45, 2.75) is 37.6 Å². The van der Waals surface area contributed by atoms with Crippen molar-refractivity contribution in [1.82, 2.24) is 4.72 Å². The van der Waals surface area contributed by atoms with Crippen LogP contribution < -0.4 is 9.46 Å². The first-order valence-electron chi connectivity index (χ1n) is 6.63. The number of carboxylic acid groups (broad SMARTS) is 1. The van der Waals surface area contributed by atoms with Crippen LogP contribution in [0.4, 0.5) is 17.6 Å². The highest BCUT2D eigenvalue weighted by Gasteiger charge is 2.35. The van der Waals surface area contributed by atoms with Gasteiger partial charge in [-0.25, -0.2) is 12.8 Å². The van der Waals surface area contributed by atoms with Crippen LogP contribution in [0.5, 0.6) is 5.75 Å². The summed E-state index contributed by atoms with van der Waals surface area (Å²) in [6.45, 7) is 3.28. The monoisotopic (exact) mass is 373 g/mol. The molecule has 0 aliphatic carbocycles. The molecule has 0 radical (unpaired) electrons. The normalized spacial score (nSPS) is 13.8. The van der Waals surface area contributed by atoms with E-state index in [0.29, 0.717) is 12.1 Å². The first-order valence-corrected chi connectivity index (χ1v) is 8.11. The Hall–Kier alpha value is -1.88. The van der Waals surface area contributed by atoms with Gasteiger partial charge in [-0.2, -0.15) is 4.72 Å². The molecule has 11 heteroatoms. The molecule has 6 nitrogen and oxygen atoms in total. The predicted molar refractivity (Wildman–Crippen MR) is 74.3 cm³/mol. The second kappa shape index (κ2) is 7.34. The van der Waals surface area contributed by atoms with Crippen LogP contribution in [0.3, 0.4) is 0 Å². The number of benzene rings is 1. The fourth-order valence-electron chi connectivity index (χ4n) is 1.82. The molecule has 0 bridgehead atoms. The molecular formula is C13H15F4NO5S. The smallest absolute Gasteiger partial charge is 0.480 e. The molecule has 0 amide bonds. The summed E-state index contributed by atoms with van der Waals surface area (Å²) in [5.41, 5.74) is 0. The Morgan fingerprint density at radius 1 is 1.33 bits per heavy atom. The van der Waals surface area contributed by atoms with Gasteiger partial charge in [-0.3, -0.25) is 4.79 Å². The number of halogens is 4. The van der Waals surface area contributed by atoms with Crippen LogP contribution in [0, 0.1) is 11.7 Å². The third-order valence-electron chi connectivity index (χ3n) is 2.75. The van der Waals surface area contributed by atoms with E-state index < -0.39 is 44.9 Å². The zero-order chi connectivity index (χ0) is 18.7. The van der Waals surface area contributed by atoms with Crippen molar-refractivity contribution < 1.29 is 40.6 Å². The van der Waals surface area contributed by atoms with E-state index in [0.717, 1.165) is 6.07 Å². The fourth-order valence-corrected chi connectivity index (χ4v) is 3.12. The molecule has 0 saturated heterocycles. The Bertz CT molecular complexity index is 703. The minimum absolute atomic E-state index is 0.0884. The zero-order valence-electron chi connectivity index (χ0n) is 12.6. The Balaban J connectivity index is 3.19. The van der Waals surface area contributed by atoms with Gasteiger partial charge in [0, 0.05) is 0 Å². The van der Waals surface area contributed by atoms with E-state index in [1.165, 1.54) is 0 Å². The molecule has 136 valence electrons. The molecule has 2 N–H and O–H groups in total. The largest absolute Gasteiger partial charge is 0.573 e. The number of hydrogen-bond acceptors (Lipinski definition) is 4. The van der Waals surface area contributed by atoms with Gasteiger partial charge in [0.2, 0.25) is 10.0 Å². The third-order valence-corrected chi connectivity index (χ3v) is 4.23. The zero-order valence-corrected chi connectivity index (χ0v) is 13.4. The van der Waals surface area contributed by atoms with Crippen molar-refractivity contribution in [3.8, 4) is 5.75 Å². The maximum atomic E-state index is 14.0. The third kappa shape index (κ3) is 5.64. The number of aliphatic carboxylic acids is 1. The second-order valence-corrected chi connectivity index (χ2v) is 6.94. The average Bonchev–Trinajstić information content (AvgIpc) is 2.37. The van der Waals surface area contributed by atoms with Gasteiger partial charge in [-0.15, -0.1) is 13.2 Å². The summed E-state index contributed by atoms with van der Waals surface area (Å²) in [6, 6.07) is 0.595. The van der Waals surface area contributed by atoms with E-state index in [9.17, 15) is 30.8 Å². The van der Waals surface area contributed by atoms with Gasteiger partial charge in [-0.1, -0.05) is 19.9 Å². The van der Waals surface area contributed by atoms with E-state index in [-0.39, 0.29) is 12.3 Å². The molecule has 1 rings (SSSR count). The first kappa shape index (κ1) is 20.2. The van der Waals surface area contributed by atoms with Crippen LogP contribution in [0.25, 0.3) is 0 Å². The predicted octanol–water partition coefficient (Wildman–Crippen LogP) is 2.50. The maximum Gasteiger partial charge on any atom is 0.573 e. The summed E-state index contributed by atoms with van der Waals surface area (Å²) in [4.78, 5) is 9.95. The average molecular weight is 373 g/mol.